The van der Waals surface area contributed by atoms with Crippen LogP contribution in [0, 0.1) is 0 Å². The number of nitrogens with zero attached hydrogens (tertiary/aromatic N) is 3. The lowest BCUT2D eigenvalue weighted by atomic mass is 10.2. The minimum atomic E-state index is -0.659. The Morgan fingerprint density at radius 2 is 2.00 bits per heavy atom. The number of rotatable bonds is 3. The van der Waals surface area contributed by atoms with Gasteiger partial charge in [-0.05, 0) is 6.92 Å². The quantitative estimate of drug-likeness (QED) is 0.928. The van der Waals surface area contributed by atoms with Gasteiger partial charge in [-0.1, -0.05) is 30.3 Å². The molecular weight excluding hydrogens is 308 g/mol. The van der Waals surface area contributed by atoms with Crippen LogP contribution in [0.5, 0.6) is 0 Å². The lowest BCUT2D eigenvalue weighted by Crippen LogP contribution is -2.45. The number of ether oxygens (including phenoxy) is 1. The van der Waals surface area contributed by atoms with Crippen molar-refractivity contribution in [2.75, 3.05) is 7.11 Å². The Balaban J connectivity index is 1.73. The first-order valence-corrected chi connectivity index (χ1v) is 7.62. The van der Waals surface area contributed by atoms with Gasteiger partial charge in [0.15, 0.2) is 5.82 Å². The van der Waals surface area contributed by atoms with Crippen LogP contribution in [0.25, 0.3) is 11.4 Å². The Morgan fingerprint density at radius 3 is 2.71 bits per heavy atom. The summed E-state index contributed by atoms with van der Waals surface area (Å²) in [6.07, 6.45) is 1.13. The molecule has 0 fully saturated rings. The van der Waals surface area contributed by atoms with Gasteiger partial charge in [0, 0.05) is 23.9 Å². The van der Waals surface area contributed by atoms with Crippen molar-refractivity contribution in [1.82, 2.24) is 20.2 Å². The maximum absolute atomic E-state index is 12.4. The van der Waals surface area contributed by atoms with Gasteiger partial charge in [0.1, 0.15) is 6.04 Å². The van der Waals surface area contributed by atoms with Crippen molar-refractivity contribution < 1.29 is 14.3 Å². The summed E-state index contributed by atoms with van der Waals surface area (Å²) >= 11 is 0. The highest BCUT2D eigenvalue weighted by atomic mass is 16.5. The van der Waals surface area contributed by atoms with Gasteiger partial charge >= 0.3 is 6.09 Å². The molecule has 7 nitrogen and oxygen atoms in total. The summed E-state index contributed by atoms with van der Waals surface area (Å²) in [6, 6.07) is 9.04. The average molecular weight is 326 g/mol. The predicted octanol–water partition coefficient (Wildman–Crippen LogP) is 1.73. The molecule has 124 valence electrons. The van der Waals surface area contributed by atoms with Gasteiger partial charge in [0.05, 0.1) is 19.3 Å². The van der Waals surface area contributed by atoms with Gasteiger partial charge in [0.25, 0.3) is 0 Å². The summed E-state index contributed by atoms with van der Waals surface area (Å²) in [5.41, 5.74) is 2.70. The van der Waals surface area contributed by atoms with E-state index in [0.29, 0.717) is 18.9 Å². The fourth-order valence-corrected chi connectivity index (χ4v) is 2.61. The van der Waals surface area contributed by atoms with Crippen LogP contribution in [-0.2, 0) is 22.6 Å². The minimum Gasteiger partial charge on any atom is -0.453 e. The molecule has 2 heterocycles. The van der Waals surface area contributed by atoms with E-state index in [2.05, 4.69) is 20.0 Å². The zero-order valence-electron chi connectivity index (χ0n) is 13.5. The highest BCUT2D eigenvalue weighted by molar-refractivity contribution is 5.85. The summed E-state index contributed by atoms with van der Waals surface area (Å²) in [7, 11) is 1.26. The number of carbonyl (C=O) groups is 2. The van der Waals surface area contributed by atoms with Crippen LogP contribution >= 0.6 is 0 Å². The number of fused-ring (bicyclic) bond motifs is 1. The van der Waals surface area contributed by atoms with Gasteiger partial charge < -0.3 is 15.0 Å². The number of carbonyl (C=O) groups excluding carboxylic acids is 2. The summed E-state index contributed by atoms with van der Waals surface area (Å²) in [5, 5.41) is 2.48. The van der Waals surface area contributed by atoms with E-state index in [1.54, 1.807) is 18.0 Å². The Morgan fingerprint density at radius 1 is 1.25 bits per heavy atom. The first-order chi connectivity index (χ1) is 11.6. The first kappa shape index (κ1) is 15.9. The summed E-state index contributed by atoms with van der Waals surface area (Å²) in [4.78, 5) is 34.3. The van der Waals surface area contributed by atoms with Crippen LogP contribution in [0.2, 0.25) is 0 Å². The van der Waals surface area contributed by atoms with Gasteiger partial charge in [-0.15, -0.1) is 0 Å². The fourth-order valence-electron chi connectivity index (χ4n) is 2.61. The lowest BCUT2D eigenvalue weighted by Gasteiger charge is -2.20. The average Bonchev–Trinajstić information content (AvgIpc) is 3.04. The molecule has 7 heteroatoms. The van der Waals surface area contributed by atoms with E-state index in [0.717, 1.165) is 16.8 Å². The SMILES string of the molecule is COC(=O)N[C@@H](C)C(=O)N1Cc2cnc(-c3ccccc3)nc2C1. The van der Waals surface area contributed by atoms with Gasteiger partial charge in [-0.25, -0.2) is 14.8 Å². The zero-order chi connectivity index (χ0) is 17.1. The summed E-state index contributed by atoms with van der Waals surface area (Å²) < 4.78 is 4.52. The Kier molecular flexibility index (Phi) is 4.41. The topological polar surface area (TPSA) is 84.4 Å². The van der Waals surface area contributed by atoms with Gasteiger partial charge in [-0.2, -0.15) is 0 Å². The molecule has 0 spiro atoms. The van der Waals surface area contributed by atoms with Crippen LogP contribution in [0.3, 0.4) is 0 Å². The van der Waals surface area contributed by atoms with Crippen molar-refractivity contribution in [3.05, 3.63) is 47.8 Å². The maximum Gasteiger partial charge on any atom is 0.407 e. The minimum absolute atomic E-state index is 0.181. The Labute approximate surface area is 139 Å². The van der Waals surface area contributed by atoms with Crippen LogP contribution in [0.4, 0.5) is 4.79 Å². The zero-order valence-corrected chi connectivity index (χ0v) is 13.5. The molecule has 0 bridgehead atoms. The van der Waals surface area contributed by atoms with Gasteiger partial charge in [0.2, 0.25) is 5.91 Å². The highest BCUT2D eigenvalue weighted by Gasteiger charge is 2.29. The molecule has 0 saturated heterocycles. The van der Waals surface area contributed by atoms with E-state index in [4.69, 9.17) is 0 Å². The molecule has 1 aliphatic heterocycles. The molecule has 3 rings (SSSR count). The smallest absolute Gasteiger partial charge is 0.407 e. The normalized spacial score (nSPS) is 14.0. The molecule has 0 unspecified atom stereocenters. The molecule has 2 aromatic rings. The van der Waals surface area contributed by atoms with E-state index >= 15 is 0 Å². The molecule has 1 atom stereocenters. The molecule has 1 N–H and O–H groups in total. The van der Waals surface area contributed by atoms with Crippen molar-refractivity contribution in [3.63, 3.8) is 0 Å². The molecule has 0 radical (unpaired) electrons. The second-order valence-electron chi connectivity index (χ2n) is 5.58. The fraction of sp³-hybridized carbons (Fsp3) is 0.294. The van der Waals surface area contributed by atoms with Crippen molar-refractivity contribution in [2.24, 2.45) is 0 Å². The predicted molar refractivity (Wildman–Crippen MR) is 86.7 cm³/mol. The monoisotopic (exact) mass is 326 g/mol. The number of methoxy groups -OCH3 is 1. The third-order valence-corrected chi connectivity index (χ3v) is 3.89. The Bertz CT molecular complexity index is 764. The van der Waals surface area contributed by atoms with Crippen molar-refractivity contribution in [1.29, 1.82) is 0 Å². The third kappa shape index (κ3) is 3.19. The molecule has 2 amide bonds. The van der Waals surface area contributed by atoms with Crippen LogP contribution in [0.15, 0.2) is 36.5 Å². The van der Waals surface area contributed by atoms with Crippen molar-refractivity contribution >= 4 is 12.0 Å². The second-order valence-corrected chi connectivity index (χ2v) is 5.58. The molecule has 0 saturated carbocycles. The molecule has 1 aromatic heterocycles. The molecule has 1 aliphatic rings. The highest BCUT2D eigenvalue weighted by Crippen LogP contribution is 2.24. The number of amides is 2. The first-order valence-electron chi connectivity index (χ1n) is 7.62. The van der Waals surface area contributed by atoms with E-state index in [9.17, 15) is 9.59 Å². The van der Waals surface area contributed by atoms with E-state index in [1.165, 1.54) is 7.11 Å². The number of alkyl carbamates (subject to hydrolysis) is 1. The molecular formula is C17H18N4O3. The number of benzene rings is 1. The number of nitrogens with one attached hydrogen (secondary N) is 1. The van der Waals surface area contributed by atoms with E-state index in [1.807, 2.05) is 30.3 Å². The van der Waals surface area contributed by atoms with Crippen LogP contribution in [-0.4, -0.2) is 40.0 Å². The lowest BCUT2D eigenvalue weighted by molar-refractivity contribution is -0.133. The molecule has 24 heavy (non-hydrogen) atoms. The van der Waals surface area contributed by atoms with Crippen molar-refractivity contribution in [3.8, 4) is 11.4 Å². The summed E-state index contributed by atoms with van der Waals surface area (Å²) in [5.74, 6) is 0.462. The molecule has 1 aromatic carbocycles. The van der Waals surface area contributed by atoms with E-state index in [-0.39, 0.29) is 5.91 Å². The standard InChI is InChI=1S/C17H18N4O3/c1-11(19-17(23)24-2)16(22)21-9-13-8-18-15(20-14(13)10-21)12-6-4-3-5-7-12/h3-8,11H,9-10H2,1-2H3,(H,19,23)/t11-/m0/s1. The maximum atomic E-state index is 12.4. The van der Waals surface area contributed by atoms with Crippen molar-refractivity contribution in [2.45, 2.75) is 26.1 Å². The summed E-state index contributed by atoms with van der Waals surface area (Å²) in [6.45, 7) is 2.48. The largest absolute Gasteiger partial charge is 0.453 e. The van der Waals surface area contributed by atoms with Crippen LogP contribution in [0.1, 0.15) is 18.2 Å². The second kappa shape index (κ2) is 6.66. The van der Waals surface area contributed by atoms with E-state index < -0.39 is 12.1 Å². The van der Waals surface area contributed by atoms with Crippen LogP contribution < -0.4 is 5.32 Å². The Hall–Kier alpha value is -2.96. The number of aromatic nitrogens is 2. The van der Waals surface area contributed by atoms with Gasteiger partial charge in [-0.3, -0.25) is 4.79 Å². The number of hydrogen-bond acceptors (Lipinski definition) is 5. The third-order valence-electron chi connectivity index (χ3n) is 3.89. The molecule has 0 aliphatic carbocycles. The number of hydrogen-bond donors (Lipinski definition) is 1.